The number of benzene rings is 2. The molecule has 0 saturated heterocycles. The van der Waals surface area contributed by atoms with Crippen LogP contribution in [0.1, 0.15) is 39.2 Å². The average Bonchev–Trinajstić information content (AvgIpc) is 3.04. The molecule has 164 valence electrons. The lowest BCUT2D eigenvalue weighted by Gasteiger charge is -2.18. The number of hydrogen-bond acceptors (Lipinski definition) is 5. The molecule has 1 aliphatic rings. The van der Waals surface area contributed by atoms with Crippen LogP contribution in [0.4, 0.5) is 5.69 Å². The number of ether oxygens (including phenoxy) is 2. The lowest BCUT2D eigenvalue weighted by atomic mass is 10.2. The minimum atomic E-state index is -0.178. The van der Waals surface area contributed by atoms with Gasteiger partial charge in [0.1, 0.15) is 17.2 Å². The van der Waals surface area contributed by atoms with Gasteiger partial charge in [-0.25, -0.2) is 4.99 Å². The molecule has 0 unspecified atom stereocenters. The van der Waals surface area contributed by atoms with Crippen LogP contribution in [0.25, 0.3) is 6.08 Å². The van der Waals surface area contributed by atoms with Crippen molar-refractivity contribution in [2.45, 2.75) is 39.7 Å². The Hall–Kier alpha value is -2.44. The molecule has 0 atom stereocenters. The summed E-state index contributed by atoms with van der Waals surface area (Å²) in [4.78, 5) is 19.5. The molecule has 1 aliphatic heterocycles. The third-order valence-electron chi connectivity index (χ3n) is 4.51. The molecule has 0 N–H and O–H groups in total. The first-order valence-electron chi connectivity index (χ1n) is 10.3. The lowest BCUT2D eigenvalue weighted by molar-refractivity contribution is -0.113. The fraction of sp³-hybridized carbons (Fsp3) is 0.333. The van der Waals surface area contributed by atoms with Gasteiger partial charge in [0.15, 0.2) is 5.17 Å². The van der Waals surface area contributed by atoms with Crippen molar-refractivity contribution in [1.82, 2.24) is 0 Å². The van der Waals surface area contributed by atoms with Crippen molar-refractivity contribution in [3.8, 4) is 11.5 Å². The molecule has 0 saturated carbocycles. The Morgan fingerprint density at radius 3 is 2.55 bits per heavy atom. The van der Waals surface area contributed by atoms with Crippen molar-refractivity contribution < 1.29 is 14.3 Å². The monoisotopic (exact) mass is 458 g/mol. The molecular formula is C24H27ClN2O3S. The predicted octanol–water partition coefficient (Wildman–Crippen LogP) is 6.41. The summed E-state index contributed by atoms with van der Waals surface area (Å²) in [6, 6.07) is 12.9. The number of hydrogen-bond donors (Lipinski definition) is 0. The molecule has 0 radical (unpaired) electrons. The Bertz CT molecular complexity index is 987. The van der Waals surface area contributed by atoms with Crippen molar-refractivity contribution >= 4 is 46.2 Å². The van der Waals surface area contributed by atoms with Crippen molar-refractivity contribution in [2.24, 2.45) is 4.99 Å². The third-order valence-corrected chi connectivity index (χ3v) is 5.83. The standard InChI is InChI=1S/C24H27ClN2O3S/c1-5-6-13-31-24-26-21(14-17-7-10-19(11-8-17)30-16(2)3)23(28)27(24)18-9-12-22(29-4)20(25)15-18/h7-12,14-16H,5-6,13H2,1-4H3/b21-14+. The third kappa shape index (κ3) is 5.83. The molecular weight excluding hydrogens is 432 g/mol. The van der Waals surface area contributed by atoms with Crippen LogP contribution in [0.3, 0.4) is 0 Å². The zero-order chi connectivity index (χ0) is 22.4. The van der Waals surface area contributed by atoms with Crippen molar-refractivity contribution in [3.63, 3.8) is 0 Å². The summed E-state index contributed by atoms with van der Waals surface area (Å²) in [5.74, 6) is 2.07. The summed E-state index contributed by atoms with van der Waals surface area (Å²) in [7, 11) is 1.56. The first kappa shape index (κ1) is 23.2. The van der Waals surface area contributed by atoms with E-state index in [-0.39, 0.29) is 12.0 Å². The summed E-state index contributed by atoms with van der Waals surface area (Å²) in [5.41, 5.74) is 1.95. The van der Waals surface area contributed by atoms with Crippen LogP contribution in [0.5, 0.6) is 11.5 Å². The number of carbonyl (C=O) groups excluding carboxylic acids is 1. The van der Waals surface area contributed by atoms with Crippen LogP contribution < -0.4 is 14.4 Å². The number of carbonyl (C=O) groups is 1. The van der Waals surface area contributed by atoms with Gasteiger partial charge in [-0.05, 0) is 62.2 Å². The summed E-state index contributed by atoms with van der Waals surface area (Å²) in [5, 5.41) is 1.11. The Labute approximate surface area is 193 Å². The van der Waals surface area contributed by atoms with Gasteiger partial charge in [-0.1, -0.05) is 48.8 Å². The van der Waals surface area contributed by atoms with E-state index in [1.807, 2.05) is 44.2 Å². The summed E-state index contributed by atoms with van der Waals surface area (Å²) < 4.78 is 10.9. The Morgan fingerprint density at radius 2 is 1.94 bits per heavy atom. The quantitative estimate of drug-likeness (QED) is 0.338. The highest BCUT2D eigenvalue weighted by Crippen LogP contribution is 2.34. The second-order valence-electron chi connectivity index (χ2n) is 7.32. The van der Waals surface area contributed by atoms with E-state index in [4.69, 9.17) is 21.1 Å². The molecule has 7 heteroatoms. The van der Waals surface area contributed by atoms with E-state index in [1.54, 1.807) is 42.0 Å². The largest absolute Gasteiger partial charge is 0.495 e. The molecule has 0 aliphatic carbocycles. The van der Waals surface area contributed by atoms with Gasteiger partial charge in [0.05, 0.1) is 23.9 Å². The van der Waals surface area contributed by atoms with Crippen LogP contribution in [0, 0.1) is 0 Å². The van der Waals surface area contributed by atoms with Crippen LogP contribution in [0.2, 0.25) is 5.02 Å². The Kier molecular flexibility index (Phi) is 8.04. The number of thioether (sulfide) groups is 1. The minimum absolute atomic E-state index is 0.109. The molecule has 0 aromatic heterocycles. The fourth-order valence-corrected chi connectivity index (χ4v) is 4.34. The fourth-order valence-electron chi connectivity index (χ4n) is 3.00. The second kappa shape index (κ2) is 10.7. The van der Waals surface area contributed by atoms with E-state index < -0.39 is 0 Å². The molecule has 31 heavy (non-hydrogen) atoms. The predicted molar refractivity (Wildman–Crippen MR) is 130 cm³/mol. The van der Waals surface area contributed by atoms with Gasteiger partial charge in [0, 0.05) is 5.75 Å². The maximum atomic E-state index is 13.3. The topological polar surface area (TPSA) is 51.1 Å². The summed E-state index contributed by atoms with van der Waals surface area (Å²) in [6.07, 6.45) is 4.03. The molecule has 0 fully saturated rings. The second-order valence-corrected chi connectivity index (χ2v) is 8.79. The SMILES string of the molecule is CCCCSC1=N/C(=C/c2ccc(OC(C)C)cc2)C(=O)N1c1ccc(OC)c(Cl)c1. The number of aliphatic imine (C=N–C) groups is 1. The number of nitrogens with zero attached hydrogens (tertiary/aromatic N) is 2. The number of unbranched alkanes of at least 4 members (excludes halogenated alkanes) is 1. The maximum absolute atomic E-state index is 13.3. The minimum Gasteiger partial charge on any atom is -0.495 e. The van der Waals surface area contributed by atoms with Gasteiger partial charge >= 0.3 is 0 Å². The molecule has 3 rings (SSSR count). The number of amidine groups is 1. The summed E-state index contributed by atoms with van der Waals surface area (Å²) >= 11 is 7.89. The number of rotatable bonds is 8. The molecule has 5 nitrogen and oxygen atoms in total. The molecule has 2 aromatic carbocycles. The maximum Gasteiger partial charge on any atom is 0.283 e. The highest BCUT2D eigenvalue weighted by Gasteiger charge is 2.32. The van der Waals surface area contributed by atoms with Crippen LogP contribution in [0.15, 0.2) is 53.2 Å². The van der Waals surface area contributed by atoms with E-state index in [1.165, 1.54) is 0 Å². The van der Waals surface area contributed by atoms with Crippen molar-refractivity contribution in [3.05, 3.63) is 58.7 Å². The van der Waals surface area contributed by atoms with Gasteiger partial charge < -0.3 is 9.47 Å². The van der Waals surface area contributed by atoms with E-state index in [2.05, 4.69) is 11.9 Å². The van der Waals surface area contributed by atoms with Gasteiger partial charge in [-0.15, -0.1) is 0 Å². The van der Waals surface area contributed by atoms with Crippen LogP contribution in [-0.4, -0.2) is 30.0 Å². The molecule has 0 spiro atoms. The normalized spacial score (nSPS) is 15.0. The first-order chi connectivity index (χ1) is 14.9. The van der Waals surface area contributed by atoms with E-state index in [0.717, 1.165) is 29.9 Å². The first-order valence-corrected chi connectivity index (χ1v) is 11.7. The number of halogens is 1. The number of anilines is 1. The zero-order valence-electron chi connectivity index (χ0n) is 18.2. The van der Waals surface area contributed by atoms with Crippen molar-refractivity contribution in [2.75, 3.05) is 17.8 Å². The number of methoxy groups -OCH3 is 1. The molecule has 2 aromatic rings. The zero-order valence-corrected chi connectivity index (χ0v) is 19.8. The van der Waals surface area contributed by atoms with E-state index in [0.29, 0.717) is 27.3 Å². The molecule has 1 amide bonds. The lowest BCUT2D eigenvalue weighted by Crippen LogP contribution is -2.30. The smallest absolute Gasteiger partial charge is 0.283 e. The molecule has 0 bridgehead atoms. The van der Waals surface area contributed by atoms with Gasteiger partial charge in [0.2, 0.25) is 0 Å². The van der Waals surface area contributed by atoms with Crippen LogP contribution >= 0.6 is 23.4 Å². The Morgan fingerprint density at radius 1 is 1.19 bits per heavy atom. The van der Waals surface area contributed by atoms with Crippen LogP contribution in [-0.2, 0) is 4.79 Å². The van der Waals surface area contributed by atoms with Crippen molar-refractivity contribution in [1.29, 1.82) is 0 Å². The highest BCUT2D eigenvalue weighted by atomic mass is 35.5. The van der Waals surface area contributed by atoms with Gasteiger partial charge in [-0.3, -0.25) is 9.69 Å². The van der Waals surface area contributed by atoms with Gasteiger partial charge in [0.25, 0.3) is 5.91 Å². The number of amides is 1. The Balaban J connectivity index is 1.90. The van der Waals surface area contributed by atoms with E-state index in [9.17, 15) is 4.79 Å². The highest BCUT2D eigenvalue weighted by molar-refractivity contribution is 8.14. The van der Waals surface area contributed by atoms with E-state index >= 15 is 0 Å². The van der Waals surface area contributed by atoms with Gasteiger partial charge in [-0.2, -0.15) is 0 Å². The average molecular weight is 459 g/mol. The molecule has 1 heterocycles. The summed E-state index contributed by atoms with van der Waals surface area (Å²) in [6.45, 7) is 6.11.